The molecular formula is C60H70F2N10O7. The van der Waals surface area contributed by atoms with Gasteiger partial charge in [-0.15, -0.1) is 0 Å². The minimum atomic E-state index is -0.697. The van der Waals surface area contributed by atoms with Gasteiger partial charge in [0.15, 0.2) is 5.82 Å². The number of carbonyl (C=O) groups is 3. The maximum Gasteiger partial charge on any atom is 0.409 e. The molecule has 416 valence electrons. The molecule has 7 aliphatic rings. The summed E-state index contributed by atoms with van der Waals surface area (Å²) in [5.41, 5.74) is 3.18. The second-order valence-electron chi connectivity index (χ2n) is 23.9. The Bertz CT molecular complexity index is 3460. The zero-order valence-corrected chi connectivity index (χ0v) is 45.3. The van der Waals surface area contributed by atoms with Gasteiger partial charge in [0.2, 0.25) is 11.8 Å². The summed E-state index contributed by atoms with van der Waals surface area (Å²) in [5.74, 6) is -0.948. The molecule has 1 unspecified atom stereocenters. The number of ether oxygens (including phenoxy) is 2. The van der Waals surface area contributed by atoms with E-state index < -0.39 is 23.6 Å². The lowest BCUT2D eigenvalue weighted by atomic mass is 9.59. The van der Waals surface area contributed by atoms with E-state index in [1.807, 2.05) is 17.9 Å². The van der Waals surface area contributed by atoms with Crippen LogP contribution >= 0.6 is 0 Å². The molecule has 7 fully saturated rings. The van der Waals surface area contributed by atoms with Crippen LogP contribution in [0, 0.1) is 17.0 Å². The van der Waals surface area contributed by atoms with Crippen molar-refractivity contribution >= 4 is 56.4 Å². The van der Waals surface area contributed by atoms with Gasteiger partial charge in [0.25, 0.3) is 0 Å². The summed E-state index contributed by atoms with van der Waals surface area (Å²) in [5, 5.41) is 14.7. The fourth-order valence-corrected chi connectivity index (χ4v) is 15.1. The van der Waals surface area contributed by atoms with Crippen LogP contribution in [-0.2, 0) is 27.8 Å². The first-order valence-electron chi connectivity index (χ1n) is 28.9. The number of imidazole rings is 1. The summed E-state index contributed by atoms with van der Waals surface area (Å²) in [7, 11) is 1.75. The normalized spacial score (nSPS) is 24.2. The Labute approximate surface area is 457 Å². The number of benzene rings is 3. The van der Waals surface area contributed by atoms with Crippen molar-refractivity contribution in [1.82, 2.24) is 44.1 Å². The molecule has 6 aromatic rings. The number of phenols is 1. The van der Waals surface area contributed by atoms with Gasteiger partial charge in [-0.2, -0.15) is 9.97 Å². The summed E-state index contributed by atoms with van der Waals surface area (Å²) in [4.78, 5) is 75.0. The first-order valence-corrected chi connectivity index (χ1v) is 28.9. The lowest BCUT2D eigenvalue weighted by molar-refractivity contribution is -0.135. The average Bonchev–Trinajstić information content (AvgIpc) is 4.27. The van der Waals surface area contributed by atoms with Crippen LogP contribution in [0.5, 0.6) is 11.8 Å². The van der Waals surface area contributed by atoms with Crippen molar-refractivity contribution in [1.29, 1.82) is 0 Å². The zero-order chi connectivity index (χ0) is 54.3. The van der Waals surface area contributed by atoms with Gasteiger partial charge < -0.3 is 29.3 Å². The van der Waals surface area contributed by atoms with Crippen molar-refractivity contribution in [2.24, 2.45) is 12.5 Å². The second-order valence-corrected chi connectivity index (χ2v) is 23.9. The monoisotopic (exact) mass is 1080 g/mol. The number of carbonyl (C=O) groups excluding carboxylic acids is 3. The number of anilines is 1. The number of amides is 3. The Balaban J connectivity index is 0.615. The first-order chi connectivity index (χ1) is 38.3. The van der Waals surface area contributed by atoms with Gasteiger partial charge in [0.1, 0.15) is 47.9 Å². The Morgan fingerprint density at radius 1 is 0.861 bits per heavy atom. The Morgan fingerprint density at radius 2 is 1.66 bits per heavy atom. The van der Waals surface area contributed by atoms with E-state index in [4.69, 9.17) is 19.4 Å². The fourth-order valence-electron chi connectivity index (χ4n) is 15.1. The number of hydrogen-bond acceptors (Lipinski definition) is 13. The van der Waals surface area contributed by atoms with Gasteiger partial charge in [0.05, 0.1) is 22.0 Å². The van der Waals surface area contributed by atoms with Crippen molar-refractivity contribution in [3.8, 4) is 23.0 Å². The predicted octanol–water partition coefficient (Wildman–Crippen LogP) is 8.65. The smallest absolute Gasteiger partial charge is 0.409 e. The minimum Gasteiger partial charge on any atom is -0.508 e. The van der Waals surface area contributed by atoms with E-state index in [1.165, 1.54) is 17.7 Å². The van der Waals surface area contributed by atoms with Crippen LogP contribution in [0.2, 0.25) is 0 Å². The summed E-state index contributed by atoms with van der Waals surface area (Å²) < 4.78 is 48.3. The third-order valence-electron chi connectivity index (χ3n) is 19.5. The SMILES string of the molecule is CCc1c(F)ccc2cc(O)cc(-c3ncc4c(N5CCCCC5)nc(OC[C@@]56CCCN5[C@H](COC(=O)N5CCC7(CC5)CC(N5CCC(c8ccc9c(c8)n(C)c(=O)n9C8CCC(=O)NC8=O)CC5)C7)CC6)nc4c3F)c12. The van der Waals surface area contributed by atoms with Crippen LogP contribution in [0.3, 0.4) is 0 Å². The highest BCUT2D eigenvalue weighted by Crippen LogP contribution is 2.52. The molecule has 1 aliphatic carbocycles. The molecule has 13 rings (SSSR count). The van der Waals surface area contributed by atoms with Gasteiger partial charge in [-0.25, -0.2) is 18.4 Å². The molecule has 0 radical (unpaired) electrons. The number of rotatable bonds is 11. The van der Waals surface area contributed by atoms with Crippen molar-refractivity contribution in [2.45, 2.75) is 139 Å². The maximum atomic E-state index is 17.2. The van der Waals surface area contributed by atoms with Gasteiger partial charge >= 0.3 is 17.8 Å². The minimum absolute atomic E-state index is 0.0331. The van der Waals surface area contributed by atoms with E-state index in [2.05, 4.69) is 37.1 Å². The van der Waals surface area contributed by atoms with Crippen LogP contribution < -0.4 is 20.6 Å². The summed E-state index contributed by atoms with van der Waals surface area (Å²) in [6.45, 7) is 8.25. The van der Waals surface area contributed by atoms with Crippen molar-refractivity contribution in [3.05, 3.63) is 81.9 Å². The van der Waals surface area contributed by atoms with E-state index >= 15 is 8.78 Å². The number of halogens is 2. The number of imide groups is 1. The topological polar surface area (TPSA) is 180 Å². The Morgan fingerprint density at radius 3 is 2.43 bits per heavy atom. The van der Waals surface area contributed by atoms with Crippen LogP contribution in [-0.4, -0.2) is 138 Å². The highest BCUT2D eigenvalue weighted by atomic mass is 19.1. The largest absolute Gasteiger partial charge is 0.508 e. The molecule has 6 saturated heterocycles. The molecule has 79 heavy (non-hydrogen) atoms. The highest BCUT2D eigenvalue weighted by molar-refractivity contribution is 6.02. The number of hydrogen-bond donors (Lipinski definition) is 2. The lowest BCUT2D eigenvalue weighted by Gasteiger charge is -2.56. The third-order valence-corrected chi connectivity index (χ3v) is 19.5. The van der Waals surface area contributed by atoms with Crippen molar-refractivity contribution in [2.75, 3.05) is 63.9 Å². The number of piperidine rings is 4. The lowest BCUT2D eigenvalue weighted by Crippen LogP contribution is -2.56. The number of aromatic hydroxyl groups is 1. The van der Waals surface area contributed by atoms with E-state index in [0.717, 1.165) is 122 Å². The quantitative estimate of drug-likeness (QED) is 0.118. The Kier molecular flexibility index (Phi) is 13.4. The van der Waals surface area contributed by atoms with E-state index in [9.17, 15) is 24.3 Å². The summed E-state index contributed by atoms with van der Waals surface area (Å²) >= 11 is 0. The molecule has 3 amide bonds. The molecule has 1 saturated carbocycles. The standard InChI is InChI=1S/C60H70F2N10O7/c1-3-42-45(61)10-8-38-28-41(73)30-43(50(38)42)52-51(62)53-44(33-63-52)54(69-21-5-4-6-22-69)66-56(65-53)79-35-60-17-7-23-71(60)39(14-18-60)34-78-58(77)70-26-19-59(20-27-70)31-40(32-59)68-24-15-36(16-25-68)37-9-11-46-48(29-37)67(2)57(76)72(46)47-12-13-49(74)64-55(47)75/h8-11,28-30,33,36,39-40,47,73H,3-7,12-27,31-32,34-35H2,1-2H3,(H,64,74,75)/t39-,47?,60-/m0/s1. The van der Waals surface area contributed by atoms with Crippen LogP contribution in [0.1, 0.15) is 126 Å². The number of phenolic OH excluding ortho intramolecular Hbond substituents is 1. The molecular weight excluding hydrogens is 1010 g/mol. The van der Waals surface area contributed by atoms with Crippen LogP contribution in [0.25, 0.3) is 44.0 Å². The molecule has 2 N–H and O–H groups in total. The number of fused-ring (bicyclic) bond motifs is 4. The number of nitrogens with zero attached hydrogens (tertiary/aromatic N) is 9. The van der Waals surface area contributed by atoms with Gasteiger partial charge in [0, 0.05) is 63.5 Å². The van der Waals surface area contributed by atoms with Gasteiger partial charge in [-0.1, -0.05) is 19.1 Å². The fraction of sp³-hybridized carbons (Fsp3) is 0.550. The van der Waals surface area contributed by atoms with Crippen molar-refractivity contribution < 1.29 is 37.7 Å². The second kappa shape index (κ2) is 20.4. The molecule has 3 atom stereocenters. The number of aryl methyl sites for hydroxylation is 2. The van der Waals surface area contributed by atoms with Crippen molar-refractivity contribution in [3.63, 3.8) is 0 Å². The first kappa shape index (κ1) is 51.7. The number of pyridine rings is 1. The predicted molar refractivity (Wildman–Crippen MR) is 294 cm³/mol. The number of aromatic nitrogens is 5. The molecule has 17 nitrogen and oxygen atoms in total. The van der Waals surface area contributed by atoms with E-state index in [-0.39, 0.29) is 64.1 Å². The summed E-state index contributed by atoms with van der Waals surface area (Å²) in [6, 6.07) is 12.1. The molecule has 19 heteroatoms. The average molecular weight is 1080 g/mol. The van der Waals surface area contributed by atoms with E-state index in [1.54, 1.807) is 34.5 Å². The summed E-state index contributed by atoms with van der Waals surface area (Å²) in [6.07, 6.45) is 15.2. The number of nitrogens with one attached hydrogen (secondary N) is 1. The molecule has 3 aromatic carbocycles. The maximum absolute atomic E-state index is 17.2. The molecule has 0 bridgehead atoms. The zero-order valence-electron chi connectivity index (χ0n) is 45.3. The van der Waals surface area contributed by atoms with Gasteiger partial charge in [-0.05, 0) is 180 Å². The van der Waals surface area contributed by atoms with Crippen LogP contribution in [0.4, 0.5) is 19.4 Å². The number of likely N-dealkylation sites (tertiary alicyclic amines) is 2. The molecule has 3 aromatic heterocycles. The molecule has 6 aliphatic heterocycles. The Hall–Kier alpha value is -6.73. The third kappa shape index (κ3) is 9.16. The van der Waals surface area contributed by atoms with Gasteiger partial charge in [-0.3, -0.25) is 33.9 Å². The highest BCUT2D eigenvalue weighted by Gasteiger charge is 2.51. The van der Waals surface area contributed by atoms with Crippen LogP contribution in [0.15, 0.2) is 53.5 Å². The van der Waals surface area contributed by atoms with E-state index in [0.29, 0.717) is 89.7 Å². The molecule has 1 spiro atoms. The molecule has 9 heterocycles.